The van der Waals surface area contributed by atoms with E-state index in [4.69, 9.17) is 9.47 Å². The van der Waals surface area contributed by atoms with Gasteiger partial charge < -0.3 is 19.3 Å². The molecule has 0 bridgehead atoms. The maximum absolute atomic E-state index is 14.1. The van der Waals surface area contributed by atoms with E-state index in [1.165, 1.54) is 6.07 Å². The van der Waals surface area contributed by atoms with Crippen molar-refractivity contribution in [3.05, 3.63) is 65.5 Å². The molecule has 0 aliphatic carbocycles. The van der Waals surface area contributed by atoms with Crippen molar-refractivity contribution in [2.24, 2.45) is 5.41 Å². The van der Waals surface area contributed by atoms with Gasteiger partial charge in [0.05, 0.1) is 26.4 Å². The summed E-state index contributed by atoms with van der Waals surface area (Å²) in [5.41, 5.74) is 0.766. The molecule has 0 unspecified atom stereocenters. The van der Waals surface area contributed by atoms with Crippen LogP contribution < -0.4 is 4.74 Å². The number of benzene rings is 2. The van der Waals surface area contributed by atoms with Crippen molar-refractivity contribution in [2.75, 3.05) is 26.7 Å². The largest absolute Gasteiger partial charge is 0.497 e. The first-order valence-corrected chi connectivity index (χ1v) is 10.7. The van der Waals surface area contributed by atoms with Crippen LogP contribution in [0.4, 0.5) is 4.39 Å². The summed E-state index contributed by atoms with van der Waals surface area (Å²) in [6.07, 6.45) is -0.439. The molecule has 1 atom stereocenters. The molecule has 0 spiro atoms. The number of carbonyl (C=O) groups is 2. The fourth-order valence-corrected chi connectivity index (χ4v) is 3.64. The minimum atomic E-state index is -0.623. The molecule has 0 N–H and O–H groups in total. The lowest BCUT2D eigenvalue weighted by atomic mass is 9.94. The molecular formula is C25H31FN2O4. The number of rotatable bonds is 6. The Balaban J connectivity index is 1.79. The maximum Gasteiger partial charge on any atom is 0.242 e. The molecule has 0 saturated carbocycles. The third kappa shape index (κ3) is 6.07. The van der Waals surface area contributed by atoms with E-state index in [0.29, 0.717) is 18.7 Å². The first kappa shape index (κ1) is 23.7. The first-order valence-electron chi connectivity index (χ1n) is 10.7. The zero-order valence-electron chi connectivity index (χ0n) is 19.1. The van der Waals surface area contributed by atoms with Gasteiger partial charge in [-0.25, -0.2) is 4.39 Å². The number of hydrogen-bond donors (Lipinski definition) is 0. The molecule has 0 radical (unpaired) electrons. The molecule has 6 nitrogen and oxygen atoms in total. The fraction of sp³-hybridized carbons (Fsp3) is 0.440. The van der Waals surface area contributed by atoms with Gasteiger partial charge in [0, 0.05) is 30.6 Å². The van der Waals surface area contributed by atoms with Gasteiger partial charge in [0.25, 0.3) is 0 Å². The first-order chi connectivity index (χ1) is 15.2. The number of halogens is 1. The molecule has 32 heavy (non-hydrogen) atoms. The number of methoxy groups -OCH3 is 1. The van der Waals surface area contributed by atoms with E-state index in [-0.39, 0.29) is 37.3 Å². The Morgan fingerprint density at radius 3 is 2.41 bits per heavy atom. The Morgan fingerprint density at radius 2 is 1.78 bits per heavy atom. The van der Waals surface area contributed by atoms with Crippen molar-refractivity contribution >= 4 is 11.8 Å². The minimum absolute atomic E-state index is 0.00812. The molecule has 172 valence electrons. The summed E-state index contributed by atoms with van der Waals surface area (Å²) in [4.78, 5) is 29.3. The number of ether oxygens (including phenoxy) is 2. The molecule has 2 aromatic carbocycles. The predicted molar refractivity (Wildman–Crippen MR) is 119 cm³/mol. The molecule has 2 aromatic rings. The lowest BCUT2D eigenvalue weighted by Gasteiger charge is -2.29. The van der Waals surface area contributed by atoms with Crippen molar-refractivity contribution in [1.82, 2.24) is 9.80 Å². The van der Waals surface area contributed by atoms with Crippen molar-refractivity contribution in [1.29, 1.82) is 0 Å². The van der Waals surface area contributed by atoms with E-state index in [1.54, 1.807) is 35.1 Å². The van der Waals surface area contributed by atoms with Crippen LogP contribution in [-0.4, -0.2) is 54.5 Å². The predicted octanol–water partition coefficient (Wildman–Crippen LogP) is 3.64. The highest BCUT2D eigenvalue weighted by Gasteiger charge is 2.35. The van der Waals surface area contributed by atoms with Gasteiger partial charge in [0.15, 0.2) is 0 Å². The van der Waals surface area contributed by atoms with Crippen molar-refractivity contribution in [3.63, 3.8) is 0 Å². The molecule has 1 heterocycles. The van der Waals surface area contributed by atoms with Crippen LogP contribution in [0, 0.1) is 11.2 Å². The molecule has 1 fully saturated rings. The summed E-state index contributed by atoms with van der Waals surface area (Å²) >= 11 is 0. The molecule has 7 heteroatoms. The number of hydrogen-bond acceptors (Lipinski definition) is 4. The van der Waals surface area contributed by atoms with Crippen LogP contribution in [0.5, 0.6) is 5.75 Å². The summed E-state index contributed by atoms with van der Waals surface area (Å²) in [7, 11) is 1.60. The van der Waals surface area contributed by atoms with Crippen LogP contribution in [0.25, 0.3) is 0 Å². The van der Waals surface area contributed by atoms with Gasteiger partial charge in [-0.1, -0.05) is 51.1 Å². The average Bonchev–Trinajstić information content (AvgIpc) is 2.91. The second-order valence-corrected chi connectivity index (χ2v) is 9.08. The summed E-state index contributed by atoms with van der Waals surface area (Å²) in [6.45, 7) is 6.52. The third-order valence-corrected chi connectivity index (χ3v) is 5.42. The van der Waals surface area contributed by atoms with Gasteiger partial charge in [-0.15, -0.1) is 0 Å². The van der Waals surface area contributed by atoms with Crippen LogP contribution in [-0.2, 0) is 27.5 Å². The zero-order valence-corrected chi connectivity index (χ0v) is 19.1. The Morgan fingerprint density at radius 1 is 1.09 bits per heavy atom. The SMILES string of the molecule is COc1ccc(CN2C[C@H](OCc3ccccc3F)CN(C(=O)C(C)(C)C)CC2=O)cc1. The van der Waals surface area contributed by atoms with E-state index in [2.05, 4.69) is 0 Å². The number of amides is 2. The highest BCUT2D eigenvalue weighted by molar-refractivity contribution is 5.87. The maximum atomic E-state index is 14.1. The second-order valence-electron chi connectivity index (χ2n) is 9.08. The lowest BCUT2D eigenvalue weighted by molar-refractivity contribution is -0.144. The average molecular weight is 443 g/mol. The van der Waals surface area contributed by atoms with Crippen LogP contribution in [0.1, 0.15) is 31.9 Å². The Bertz CT molecular complexity index is 940. The van der Waals surface area contributed by atoms with Crippen LogP contribution in [0.2, 0.25) is 0 Å². The van der Waals surface area contributed by atoms with Gasteiger partial charge in [-0.3, -0.25) is 9.59 Å². The zero-order chi connectivity index (χ0) is 23.3. The molecule has 1 saturated heterocycles. The van der Waals surface area contributed by atoms with Crippen molar-refractivity contribution < 1.29 is 23.5 Å². The highest BCUT2D eigenvalue weighted by Crippen LogP contribution is 2.22. The highest BCUT2D eigenvalue weighted by atomic mass is 19.1. The Labute approximate surface area is 188 Å². The van der Waals surface area contributed by atoms with Crippen LogP contribution in [0.3, 0.4) is 0 Å². The van der Waals surface area contributed by atoms with Gasteiger partial charge in [0.2, 0.25) is 11.8 Å². The van der Waals surface area contributed by atoms with E-state index in [0.717, 1.165) is 11.3 Å². The van der Waals surface area contributed by atoms with E-state index in [1.807, 2.05) is 45.0 Å². The fourth-order valence-electron chi connectivity index (χ4n) is 3.64. The van der Waals surface area contributed by atoms with Crippen molar-refractivity contribution in [2.45, 2.75) is 40.0 Å². The lowest BCUT2D eigenvalue weighted by Crippen LogP contribution is -2.45. The second kappa shape index (κ2) is 10.1. The molecular weight excluding hydrogens is 411 g/mol. The van der Waals surface area contributed by atoms with Gasteiger partial charge in [-0.05, 0) is 23.8 Å². The van der Waals surface area contributed by atoms with Crippen LogP contribution in [0.15, 0.2) is 48.5 Å². The summed E-state index contributed by atoms with van der Waals surface area (Å²) < 4.78 is 25.3. The third-order valence-electron chi connectivity index (χ3n) is 5.42. The molecule has 3 rings (SSSR count). The number of carbonyl (C=O) groups excluding carboxylic acids is 2. The van der Waals surface area contributed by atoms with E-state index < -0.39 is 11.5 Å². The summed E-state index contributed by atoms with van der Waals surface area (Å²) in [6, 6.07) is 13.9. The van der Waals surface area contributed by atoms with Gasteiger partial charge in [0.1, 0.15) is 11.6 Å². The smallest absolute Gasteiger partial charge is 0.242 e. The molecule has 0 aromatic heterocycles. The van der Waals surface area contributed by atoms with Crippen LogP contribution >= 0.6 is 0 Å². The molecule has 2 amide bonds. The van der Waals surface area contributed by atoms with E-state index >= 15 is 0 Å². The summed E-state index contributed by atoms with van der Waals surface area (Å²) in [5.74, 6) is 0.144. The standard InChI is InChI=1S/C25H31FN2O4/c1-25(2,3)24(30)28-15-21(32-17-19-7-5-6-8-22(19)26)14-27(23(29)16-28)13-18-9-11-20(31-4)12-10-18/h5-12,21H,13-17H2,1-4H3/t21-/m0/s1. The molecule has 1 aliphatic rings. The van der Waals surface area contributed by atoms with Gasteiger partial charge >= 0.3 is 0 Å². The summed E-state index contributed by atoms with van der Waals surface area (Å²) in [5, 5.41) is 0. The Kier molecular flexibility index (Phi) is 7.51. The normalized spacial score (nSPS) is 17.3. The molecule has 1 aliphatic heterocycles. The Hall–Kier alpha value is -2.93. The van der Waals surface area contributed by atoms with Gasteiger partial charge in [-0.2, -0.15) is 0 Å². The minimum Gasteiger partial charge on any atom is -0.497 e. The quantitative estimate of drug-likeness (QED) is 0.686. The van der Waals surface area contributed by atoms with E-state index in [9.17, 15) is 14.0 Å². The monoisotopic (exact) mass is 442 g/mol. The van der Waals surface area contributed by atoms with Crippen molar-refractivity contribution in [3.8, 4) is 5.75 Å². The topological polar surface area (TPSA) is 59.1 Å². The number of nitrogens with zero attached hydrogens (tertiary/aromatic N) is 2.